The fraction of sp³-hybridized carbons (Fsp3) is 0.200. The first-order chi connectivity index (χ1) is 14.0. The quantitative estimate of drug-likeness (QED) is 0.319. The number of anilines is 1. The molecule has 0 aliphatic carbocycles. The van der Waals surface area contributed by atoms with Crippen molar-refractivity contribution in [2.75, 3.05) is 17.7 Å². The van der Waals surface area contributed by atoms with Crippen molar-refractivity contribution in [3.8, 4) is 5.75 Å². The summed E-state index contributed by atoms with van der Waals surface area (Å²) in [7, 11) is 0. The number of carbonyl (C=O) groups is 2. The van der Waals surface area contributed by atoms with E-state index in [0.717, 1.165) is 22.5 Å². The molecule has 2 N–H and O–H groups in total. The van der Waals surface area contributed by atoms with Gasteiger partial charge in [0.25, 0.3) is 5.91 Å². The first kappa shape index (κ1) is 20.8. The maximum absolute atomic E-state index is 12.6. The minimum Gasteiger partial charge on any atom is -0.507 e. The molecule has 29 heavy (non-hydrogen) atoms. The summed E-state index contributed by atoms with van der Waals surface area (Å²) in [6, 6.07) is 14.8. The van der Waals surface area contributed by atoms with Crippen LogP contribution in [0.25, 0.3) is 0 Å². The first-order valence-electron chi connectivity index (χ1n) is 8.84. The lowest BCUT2D eigenvalue weighted by molar-refractivity contribution is -0.139. The van der Waals surface area contributed by atoms with Gasteiger partial charge in [-0.2, -0.15) is 0 Å². The number of nitrogens with one attached hydrogen (secondary N) is 1. The zero-order valence-electron chi connectivity index (χ0n) is 15.6. The predicted octanol–water partition coefficient (Wildman–Crippen LogP) is 3.74. The number of benzene rings is 2. The number of aromatic nitrogens is 2. The van der Waals surface area contributed by atoms with Crippen molar-refractivity contribution in [1.82, 2.24) is 10.2 Å². The summed E-state index contributed by atoms with van der Waals surface area (Å²) in [6.45, 7) is 2.06. The molecule has 0 unspecified atom stereocenters. The second-order valence-electron chi connectivity index (χ2n) is 5.93. The van der Waals surface area contributed by atoms with E-state index in [1.165, 1.54) is 17.8 Å². The van der Waals surface area contributed by atoms with Gasteiger partial charge in [0.2, 0.25) is 5.13 Å². The SMILES string of the molecule is CCOC(=O)CSc1nnc(NC(=O)c2cc(Cc3ccccc3)ccc2O)s1. The van der Waals surface area contributed by atoms with E-state index in [1.54, 1.807) is 19.1 Å². The highest BCUT2D eigenvalue weighted by atomic mass is 32.2. The molecule has 0 spiro atoms. The Bertz CT molecular complexity index is 992. The maximum atomic E-state index is 12.6. The molecule has 0 atom stereocenters. The number of phenolic OH excluding ortho intramolecular Hbond substituents is 1. The van der Waals surface area contributed by atoms with E-state index in [-0.39, 0.29) is 28.2 Å². The molecule has 3 aromatic rings. The Balaban J connectivity index is 1.64. The molecule has 150 valence electrons. The molecule has 2 aromatic carbocycles. The minimum atomic E-state index is -0.476. The zero-order valence-corrected chi connectivity index (χ0v) is 17.3. The van der Waals surface area contributed by atoms with Gasteiger partial charge in [-0.05, 0) is 36.6 Å². The van der Waals surface area contributed by atoms with Crippen molar-refractivity contribution < 1.29 is 19.4 Å². The Labute approximate surface area is 176 Å². The summed E-state index contributed by atoms with van der Waals surface area (Å²) >= 11 is 2.34. The molecule has 0 saturated carbocycles. The van der Waals surface area contributed by atoms with E-state index in [0.29, 0.717) is 17.4 Å². The molecule has 7 nitrogen and oxygen atoms in total. The number of nitrogens with zero attached hydrogens (tertiary/aromatic N) is 2. The van der Waals surface area contributed by atoms with Gasteiger partial charge in [0.15, 0.2) is 4.34 Å². The van der Waals surface area contributed by atoms with Gasteiger partial charge in [-0.1, -0.05) is 59.5 Å². The lowest BCUT2D eigenvalue weighted by Crippen LogP contribution is -2.12. The Morgan fingerprint density at radius 2 is 1.93 bits per heavy atom. The highest BCUT2D eigenvalue weighted by molar-refractivity contribution is 8.01. The summed E-state index contributed by atoms with van der Waals surface area (Å²) in [6.07, 6.45) is 0.648. The molecule has 1 amide bonds. The summed E-state index contributed by atoms with van der Waals surface area (Å²) < 4.78 is 5.40. The van der Waals surface area contributed by atoms with Gasteiger partial charge in [0, 0.05) is 0 Å². The van der Waals surface area contributed by atoms with Crippen molar-refractivity contribution in [1.29, 1.82) is 0 Å². The number of ether oxygens (including phenoxy) is 1. The monoisotopic (exact) mass is 429 g/mol. The van der Waals surface area contributed by atoms with Crippen LogP contribution in [0.1, 0.15) is 28.4 Å². The largest absolute Gasteiger partial charge is 0.507 e. The molecule has 0 saturated heterocycles. The number of amides is 1. The van der Waals surface area contributed by atoms with Crippen LogP contribution in [0.2, 0.25) is 0 Å². The second kappa shape index (κ2) is 10.0. The van der Waals surface area contributed by atoms with Crippen molar-refractivity contribution >= 4 is 40.1 Å². The summed E-state index contributed by atoms with van der Waals surface area (Å²) in [4.78, 5) is 24.0. The number of esters is 1. The molecular weight excluding hydrogens is 410 g/mol. The number of rotatable bonds is 8. The van der Waals surface area contributed by atoms with E-state index in [9.17, 15) is 14.7 Å². The average molecular weight is 430 g/mol. The van der Waals surface area contributed by atoms with Crippen LogP contribution in [0.3, 0.4) is 0 Å². The number of aromatic hydroxyl groups is 1. The van der Waals surface area contributed by atoms with Gasteiger partial charge in [0.05, 0.1) is 17.9 Å². The zero-order chi connectivity index (χ0) is 20.6. The Kier molecular flexibility index (Phi) is 7.20. The molecule has 0 fully saturated rings. The van der Waals surface area contributed by atoms with Gasteiger partial charge in [-0.15, -0.1) is 10.2 Å². The number of carbonyl (C=O) groups excluding carboxylic acids is 2. The third-order valence-electron chi connectivity index (χ3n) is 3.80. The Morgan fingerprint density at radius 3 is 2.69 bits per heavy atom. The van der Waals surface area contributed by atoms with E-state index in [1.807, 2.05) is 30.3 Å². The maximum Gasteiger partial charge on any atom is 0.316 e. The van der Waals surface area contributed by atoms with Crippen LogP contribution in [0.5, 0.6) is 5.75 Å². The molecule has 0 aliphatic heterocycles. The third-order valence-corrected chi connectivity index (χ3v) is 5.75. The Morgan fingerprint density at radius 1 is 1.14 bits per heavy atom. The van der Waals surface area contributed by atoms with E-state index in [4.69, 9.17) is 4.74 Å². The second-order valence-corrected chi connectivity index (χ2v) is 8.13. The molecular formula is C20H19N3O4S2. The smallest absolute Gasteiger partial charge is 0.316 e. The highest BCUT2D eigenvalue weighted by Gasteiger charge is 2.16. The van der Waals surface area contributed by atoms with Gasteiger partial charge < -0.3 is 9.84 Å². The van der Waals surface area contributed by atoms with Crippen molar-refractivity contribution in [3.05, 3.63) is 65.2 Å². The Hall–Kier alpha value is -2.91. The lowest BCUT2D eigenvalue weighted by Gasteiger charge is -2.07. The molecule has 0 radical (unpaired) electrons. The minimum absolute atomic E-state index is 0.110. The van der Waals surface area contributed by atoms with Crippen molar-refractivity contribution in [2.24, 2.45) is 0 Å². The van der Waals surface area contributed by atoms with Gasteiger partial charge in [-0.3, -0.25) is 14.9 Å². The van der Waals surface area contributed by atoms with E-state index >= 15 is 0 Å². The van der Waals surface area contributed by atoms with Crippen molar-refractivity contribution in [2.45, 2.75) is 17.7 Å². The summed E-state index contributed by atoms with van der Waals surface area (Å²) in [5.41, 5.74) is 2.17. The number of hydrogen-bond donors (Lipinski definition) is 2. The molecule has 1 heterocycles. The third kappa shape index (κ3) is 6.03. The molecule has 1 aromatic heterocycles. The number of thioether (sulfide) groups is 1. The van der Waals surface area contributed by atoms with Gasteiger partial charge in [-0.25, -0.2) is 0 Å². The van der Waals surface area contributed by atoms with Gasteiger partial charge >= 0.3 is 5.97 Å². The molecule has 0 aliphatic rings. The first-order valence-corrected chi connectivity index (χ1v) is 10.6. The summed E-state index contributed by atoms with van der Waals surface area (Å²) in [5, 5.41) is 20.9. The van der Waals surface area contributed by atoms with E-state index in [2.05, 4.69) is 15.5 Å². The van der Waals surface area contributed by atoms with Crippen LogP contribution >= 0.6 is 23.1 Å². The van der Waals surface area contributed by atoms with E-state index < -0.39 is 5.91 Å². The fourth-order valence-electron chi connectivity index (χ4n) is 2.51. The predicted molar refractivity (Wildman–Crippen MR) is 113 cm³/mol. The normalized spacial score (nSPS) is 10.5. The molecule has 9 heteroatoms. The van der Waals surface area contributed by atoms with Gasteiger partial charge in [0.1, 0.15) is 5.75 Å². The topological polar surface area (TPSA) is 101 Å². The fourth-order valence-corrected chi connectivity index (χ4v) is 4.06. The molecule has 0 bridgehead atoms. The van der Waals surface area contributed by atoms with Crippen LogP contribution in [-0.4, -0.2) is 39.5 Å². The highest BCUT2D eigenvalue weighted by Crippen LogP contribution is 2.27. The summed E-state index contributed by atoms with van der Waals surface area (Å²) in [5.74, 6) is -0.798. The lowest BCUT2D eigenvalue weighted by atomic mass is 10.0. The number of hydrogen-bond acceptors (Lipinski definition) is 8. The average Bonchev–Trinajstić information content (AvgIpc) is 3.16. The van der Waals surface area contributed by atoms with Crippen LogP contribution in [0, 0.1) is 0 Å². The molecule has 3 rings (SSSR count). The number of phenols is 1. The van der Waals surface area contributed by atoms with Crippen LogP contribution < -0.4 is 5.32 Å². The van der Waals surface area contributed by atoms with Crippen LogP contribution in [-0.2, 0) is 16.0 Å². The van der Waals surface area contributed by atoms with Crippen molar-refractivity contribution in [3.63, 3.8) is 0 Å². The van der Waals surface area contributed by atoms with Crippen LogP contribution in [0.15, 0.2) is 52.9 Å². The standard InChI is InChI=1S/C20H19N3O4S2/c1-2-27-17(25)12-28-20-23-22-19(29-20)21-18(26)15-11-14(8-9-16(15)24)10-13-6-4-3-5-7-13/h3-9,11,24H,2,10,12H2,1H3,(H,21,22,26). The van der Waals surface area contributed by atoms with Crippen LogP contribution in [0.4, 0.5) is 5.13 Å².